The van der Waals surface area contributed by atoms with Gasteiger partial charge in [-0.2, -0.15) is 4.67 Å². The van der Waals surface area contributed by atoms with E-state index in [2.05, 4.69) is 35.0 Å². The Morgan fingerprint density at radius 2 is 2.20 bits per heavy atom. The van der Waals surface area contributed by atoms with Gasteiger partial charge in [-0.3, -0.25) is 0 Å². The van der Waals surface area contributed by atoms with Gasteiger partial charge in [0.05, 0.1) is 21.4 Å². The summed E-state index contributed by atoms with van der Waals surface area (Å²) < 4.78 is 7.88. The summed E-state index contributed by atoms with van der Waals surface area (Å²) in [5.74, 6) is 0. The number of benzene rings is 1. The topological polar surface area (TPSA) is 12.5 Å². The third kappa shape index (κ3) is 3.01. The summed E-state index contributed by atoms with van der Waals surface area (Å²) in [6, 6.07) is 11.5. The molecule has 3 heteroatoms. The predicted molar refractivity (Wildman–Crippen MR) is 67.4 cm³/mol. The first-order valence-electron chi connectivity index (χ1n) is 5.55. The lowest BCUT2D eigenvalue weighted by Crippen LogP contribution is -2.27. The molecule has 1 heterocycles. The lowest BCUT2D eigenvalue weighted by Gasteiger charge is -2.17. The van der Waals surface area contributed by atoms with Crippen LogP contribution in [0.2, 0.25) is 0 Å². The molecule has 2 nitrogen and oxygen atoms in total. The van der Waals surface area contributed by atoms with Crippen molar-refractivity contribution in [2.75, 3.05) is 20.3 Å². The molecule has 1 aliphatic rings. The summed E-state index contributed by atoms with van der Waals surface area (Å²) in [5, 5.41) is 1.49. The van der Waals surface area contributed by atoms with Crippen molar-refractivity contribution in [1.82, 2.24) is 4.67 Å². The molecule has 1 fully saturated rings. The fraction of sp³-hybridized carbons (Fsp3) is 0.500. The Morgan fingerprint density at radius 1 is 1.40 bits per heavy atom. The van der Waals surface area contributed by atoms with Gasteiger partial charge in [-0.15, -0.1) is 0 Å². The van der Waals surface area contributed by atoms with E-state index in [-0.39, 0.29) is 8.73 Å². The van der Waals surface area contributed by atoms with Crippen LogP contribution in [0.15, 0.2) is 30.3 Å². The van der Waals surface area contributed by atoms with Crippen molar-refractivity contribution < 1.29 is 4.74 Å². The van der Waals surface area contributed by atoms with Gasteiger partial charge >= 0.3 is 0 Å². The smallest absolute Gasteiger partial charge is 0.107 e. The van der Waals surface area contributed by atoms with Gasteiger partial charge in [-0.1, -0.05) is 18.2 Å². The molecule has 1 saturated heterocycles. The number of methoxy groups -OCH3 is 1. The van der Waals surface area contributed by atoms with Crippen LogP contribution in [-0.2, 0) is 4.74 Å². The van der Waals surface area contributed by atoms with E-state index in [9.17, 15) is 0 Å². The first kappa shape index (κ1) is 11.1. The summed E-state index contributed by atoms with van der Waals surface area (Å²) in [7, 11) is 2.08. The van der Waals surface area contributed by atoms with E-state index in [1.807, 2.05) is 0 Å². The molecule has 0 spiro atoms. The molecular weight excluding hydrogens is 205 g/mol. The van der Waals surface area contributed by atoms with Crippen LogP contribution < -0.4 is 5.30 Å². The molecule has 0 aliphatic carbocycles. The summed E-state index contributed by atoms with van der Waals surface area (Å²) in [6.07, 6.45) is 2.63. The summed E-state index contributed by atoms with van der Waals surface area (Å²) in [4.78, 5) is 0. The lowest BCUT2D eigenvalue weighted by molar-refractivity contribution is 0.152. The third-order valence-corrected chi connectivity index (χ3v) is 4.59. The molecule has 82 valence electrons. The van der Waals surface area contributed by atoms with Crippen molar-refractivity contribution in [3.05, 3.63) is 30.3 Å². The maximum absolute atomic E-state index is 5.27. The van der Waals surface area contributed by atoms with Crippen molar-refractivity contribution in [1.29, 1.82) is 0 Å². The molecule has 0 N–H and O–H groups in total. The van der Waals surface area contributed by atoms with Crippen LogP contribution in [0.25, 0.3) is 0 Å². The minimum atomic E-state index is 0.276. The Kier molecular flexibility index (Phi) is 4.13. The highest BCUT2D eigenvalue weighted by Gasteiger charge is 2.28. The molecule has 1 aliphatic heterocycles. The molecule has 0 amide bonds. The highest BCUT2D eigenvalue weighted by Crippen LogP contribution is 2.29. The molecule has 15 heavy (non-hydrogen) atoms. The van der Waals surface area contributed by atoms with Gasteiger partial charge in [-0.05, 0) is 25.0 Å². The van der Waals surface area contributed by atoms with E-state index in [0.29, 0.717) is 6.04 Å². The van der Waals surface area contributed by atoms with Crippen LogP contribution in [0.3, 0.4) is 0 Å². The van der Waals surface area contributed by atoms with Crippen LogP contribution in [-0.4, -0.2) is 31.0 Å². The molecule has 0 saturated carbocycles. The molecule has 1 unspecified atom stereocenters. The molecule has 1 aromatic carbocycles. The van der Waals surface area contributed by atoms with E-state index in [4.69, 9.17) is 4.74 Å². The Morgan fingerprint density at radius 3 is 2.93 bits per heavy atom. The van der Waals surface area contributed by atoms with Crippen LogP contribution >= 0.6 is 8.73 Å². The first-order chi connectivity index (χ1) is 7.40. The lowest BCUT2D eigenvalue weighted by atomic mass is 10.2. The fourth-order valence-electron chi connectivity index (χ4n) is 2.13. The van der Waals surface area contributed by atoms with Crippen LogP contribution in [0.4, 0.5) is 0 Å². The van der Waals surface area contributed by atoms with Crippen LogP contribution in [0, 0.1) is 0 Å². The predicted octanol–water partition coefficient (Wildman–Crippen LogP) is 1.75. The van der Waals surface area contributed by atoms with Crippen molar-refractivity contribution >= 4 is 14.0 Å². The SMILES string of the molecule is COC[C@@H]1CCCN1[PH2+]c1ccccc1. The Bertz CT molecular complexity index is 291. The molecule has 0 radical (unpaired) electrons. The minimum absolute atomic E-state index is 0.276. The van der Waals surface area contributed by atoms with E-state index >= 15 is 0 Å². The van der Waals surface area contributed by atoms with Crippen molar-refractivity contribution in [2.24, 2.45) is 0 Å². The standard InChI is InChI=1S/C12H18NOP/c1-14-10-11-6-5-9-13(11)15-12-7-3-2-4-8-12/h2-4,7-8,11,15H,5-6,9-10H2,1H3/p+1/t11-/m0/s1. The summed E-state index contributed by atoms with van der Waals surface area (Å²) in [6.45, 7) is 2.14. The molecule has 0 bridgehead atoms. The monoisotopic (exact) mass is 224 g/mol. The average molecular weight is 224 g/mol. The zero-order valence-electron chi connectivity index (χ0n) is 9.23. The van der Waals surface area contributed by atoms with E-state index in [0.717, 1.165) is 6.61 Å². The Hall–Kier alpha value is -0.430. The van der Waals surface area contributed by atoms with Gasteiger partial charge in [0.15, 0.2) is 0 Å². The fourth-order valence-corrected chi connectivity index (χ4v) is 3.66. The van der Waals surface area contributed by atoms with Crippen LogP contribution in [0.1, 0.15) is 12.8 Å². The highest BCUT2D eigenvalue weighted by molar-refractivity contribution is 7.44. The second-order valence-electron chi connectivity index (χ2n) is 4.03. The Balaban J connectivity index is 1.93. The largest absolute Gasteiger partial charge is 0.383 e. The average Bonchev–Trinajstić information content (AvgIpc) is 2.68. The third-order valence-electron chi connectivity index (χ3n) is 2.90. The number of ether oxygens (including phenoxy) is 1. The molecule has 2 atom stereocenters. The quantitative estimate of drug-likeness (QED) is 0.722. The minimum Gasteiger partial charge on any atom is -0.383 e. The normalized spacial score (nSPS) is 22.9. The molecular formula is C12H19NOP+. The van der Waals surface area contributed by atoms with E-state index < -0.39 is 0 Å². The van der Waals surface area contributed by atoms with E-state index in [1.165, 1.54) is 24.7 Å². The number of hydrogen-bond acceptors (Lipinski definition) is 2. The molecule has 2 rings (SSSR count). The number of nitrogens with zero attached hydrogens (tertiary/aromatic N) is 1. The van der Waals surface area contributed by atoms with Crippen molar-refractivity contribution in [2.45, 2.75) is 18.9 Å². The number of hydrogen-bond donors (Lipinski definition) is 0. The van der Waals surface area contributed by atoms with Gasteiger partial charge in [-0.25, -0.2) is 0 Å². The maximum atomic E-state index is 5.27. The zero-order chi connectivity index (χ0) is 10.5. The molecule has 0 aromatic heterocycles. The van der Waals surface area contributed by atoms with Gasteiger partial charge < -0.3 is 4.74 Å². The highest BCUT2D eigenvalue weighted by atomic mass is 31.1. The summed E-state index contributed by atoms with van der Waals surface area (Å²) >= 11 is 0. The second-order valence-corrected chi connectivity index (χ2v) is 5.62. The van der Waals surface area contributed by atoms with Crippen LogP contribution in [0.5, 0.6) is 0 Å². The number of rotatable bonds is 4. The first-order valence-corrected chi connectivity index (χ1v) is 6.64. The molecule has 1 aromatic rings. The second kappa shape index (κ2) is 5.60. The van der Waals surface area contributed by atoms with Crippen molar-refractivity contribution in [3.8, 4) is 0 Å². The van der Waals surface area contributed by atoms with Crippen molar-refractivity contribution in [3.63, 3.8) is 0 Å². The van der Waals surface area contributed by atoms with Gasteiger partial charge in [0.25, 0.3) is 0 Å². The zero-order valence-corrected chi connectivity index (χ0v) is 10.4. The van der Waals surface area contributed by atoms with Gasteiger partial charge in [0.2, 0.25) is 0 Å². The maximum Gasteiger partial charge on any atom is 0.107 e. The van der Waals surface area contributed by atoms with Gasteiger partial charge in [0.1, 0.15) is 5.30 Å². The Labute approximate surface area is 93.5 Å². The van der Waals surface area contributed by atoms with E-state index in [1.54, 1.807) is 7.11 Å². The van der Waals surface area contributed by atoms with Gasteiger partial charge in [0, 0.05) is 13.7 Å². The summed E-state index contributed by atoms with van der Waals surface area (Å²) in [5.41, 5.74) is 0.